The Balaban J connectivity index is 2.02. The molecule has 2 aromatic carbocycles. The van der Waals surface area contributed by atoms with Crippen LogP contribution in [0.15, 0.2) is 48.5 Å². The van der Waals surface area contributed by atoms with Crippen molar-refractivity contribution in [2.45, 2.75) is 11.4 Å². The molecule has 2 aromatic rings. The van der Waals surface area contributed by atoms with Gasteiger partial charge in [-0.2, -0.15) is 0 Å². The van der Waals surface area contributed by atoms with E-state index in [0.29, 0.717) is 21.4 Å². The molecule has 3 rings (SSSR count). The highest BCUT2D eigenvalue weighted by molar-refractivity contribution is 7.99. The fourth-order valence-corrected chi connectivity index (χ4v) is 4.58. The van der Waals surface area contributed by atoms with Crippen LogP contribution in [0.2, 0.25) is 10.0 Å². The first kappa shape index (κ1) is 17.1. The lowest BCUT2D eigenvalue weighted by Crippen LogP contribution is -2.43. The minimum Gasteiger partial charge on any atom is -0.480 e. The van der Waals surface area contributed by atoms with Gasteiger partial charge in [0.15, 0.2) is 0 Å². The molecule has 124 valence electrons. The molecule has 1 aliphatic heterocycles. The Kier molecular flexibility index (Phi) is 5.04. The Labute approximate surface area is 153 Å². The summed E-state index contributed by atoms with van der Waals surface area (Å²) < 4.78 is 0. The van der Waals surface area contributed by atoms with Gasteiger partial charge in [-0.05, 0) is 24.3 Å². The van der Waals surface area contributed by atoms with Gasteiger partial charge in [0.2, 0.25) is 0 Å². The standard InChI is InChI=1S/C17H13Cl2NO3S/c18-11-5-3-4-10(8-11)15(21)20-14(17(22)23)9-24-16(20)12-6-1-2-7-13(12)19/h1-8,14,16H,9H2,(H,22,23)/t14-,16+/m1/s1. The molecule has 0 bridgehead atoms. The molecular formula is C17H13Cl2NO3S. The second kappa shape index (κ2) is 7.05. The molecular weight excluding hydrogens is 369 g/mol. The zero-order valence-electron chi connectivity index (χ0n) is 12.4. The summed E-state index contributed by atoms with van der Waals surface area (Å²) in [4.78, 5) is 25.9. The molecule has 1 N–H and O–H groups in total. The third-order valence-electron chi connectivity index (χ3n) is 3.76. The molecule has 4 nitrogen and oxygen atoms in total. The van der Waals surface area contributed by atoms with Gasteiger partial charge in [0, 0.05) is 26.9 Å². The first-order valence-corrected chi connectivity index (χ1v) is 8.96. The zero-order chi connectivity index (χ0) is 17.3. The number of carbonyl (C=O) groups is 2. The quantitative estimate of drug-likeness (QED) is 0.858. The van der Waals surface area contributed by atoms with Crippen LogP contribution in [0, 0.1) is 0 Å². The number of amides is 1. The van der Waals surface area contributed by atoms with Crippen LogP contribution in [0.4, 0.5) is 0 Å². The van der Waals surface area contributed by atoms with Crippen molar-refractivity contribution < 1.29 is 14.7 Å². The van der Waals surface area contributed by atoms with Crippen LogP contribution < -0.4 is 0 Å². The Morgan fingerprint density at radius 2 is 1.88 bits per heavy atom. The van der Waals surface area contributed by atoms with Gasteiger partial charge in [-0.15, -0.1) is 11.8 Å². The molecule has 1 heterocycles. The Bertz CT molecular complexity index is 799. The second-order valence-corrected chi connectivity index (χ2v) is 7.24. The summed E-state index contributed by atoms with van der Waals surface area (Å²) in [6.45, 7) is 0. The summed E-state index contributed by atoms with van der Waals surface area (Å²) in [5.41, 5.74) is 1.08. The molecule has 0 spiro atoms. The Morgan fingerprint density at radius 1 is 1.12 bits per heavy atom. The maximum absolute atomic E-state index is 13.0. The number of carboxylic acids is 1. The fourth-order valence-electron chi connectivity index (χ4n) is 2.63. The first-order chi connectivity index (χ1) is 11.5. The van der Waals surface area contributed by atoms with E-state index in [1.165, 1.54) is 22.7 Å². The summed E-state index contributed by atoms with van der Waals surface area (Å²) >= 11 is 13.6. The van der Waals surface area contributed by atoms with Gasteiger partial charge in [-0.25, -0.2) is 4.79 Å². The number of nitrogens with zero attached hydrogens (tertiary/aromatic N) is 1. The third-order valence-corrected chi connectivity index (χ3v) is 5.65. The van der Waals surface area contributed by atoms with E-state index in [1.807, 2.05) is 12.1 Å². The lowest BCUT2D eigenvalue weighted by atomic mass is 10.1. The number of carbonyl (C=O) groups excluding carboxylic acids is 1. The maximum Gasteiger partial charge on any atom is 0.327 e. The number of thioether (sulfide) groups is 1. The highest BCUT2D eigenvalue weighted by Crippen LogP contribution is 2.44. The molecule has 1 saturated heterocycles. The lowest BCUT2D eigenvalue weighted by molar-refractivity contribution is -0.141. The predicted octanol–water partition coefficient (Wildman–Crippen LogP) is 4.33. The second-order valence-electron chi connectivity index (χ2n) is 5.28. The van der Waals surface area contributed by atoms with Crippen LogP contribution >= 0.6 is 35.0 Å². The van der Waals surface area contributed by atoms with Crippen molar-refractivity contribution in [1.82, 2.24) is 4.90 Å². The molecule has 0 saturated carbocycles. The predicted molar refractivity (Wildman–Crippen MR) is 95.7 cm³/mol. The molecule has 0 aromatic heterocycles. The molecule has 1 amide bonds. The van der Waals surface area contributed by atoms with Gasteiger partial charge in [0.05, 0.1) is 0 Å². The van der Waals surface area contributed by atoms with Gasteiger partial charge >= 0.3 is 5.97 Å². The summed E-state index contributed by atoms with van der Waals surface area (Å²) in [7, 11) is 0. The molecule has 0 aliphatic carbocycles. The molecule has 2 atom stereocenters. The van der Waals surface area contributed by atoms with Crippen molar-refractivity contribution in [3.63, 3.8) is 0 Å². The minimum absolute atomic E-state index is 0.303. The normalized spacial score (nSPS) is 20.2. The number of rotatable bonds is 3. The van der Waals surface area contributed by atoms with Gasteiger partial charge in [0.1, 0.15) is 11.4 Å². The number of halogens is 2. The SMILES string of the molecule is O=C(O)[C@H]1CS[C@@H](c2ccccc2Cl)N1C(=O)c1cccc(Cl)c1. The van der Waals surface area contributed by atoms with Crippen molar-refractivity contribution >= 4 is 46.8 Å². The first-order valence-electron chi connectivity index (χ1n) is 7.16. The van der Waals surface area contributed by atoms with Crippen LogP contribution in [0.1, 0.15) is 21.3 Å². The molecule has 1 fully saturated rings. The van der Waals surface area contributed by atoms with Gasteiger partial charge in [-0.3, -0.25) is 4.79 Å². The molecule has 0 unspecified atom stereocenters. The van der Waals surface area contributed by atoms with E-state index in [2.05, 4.69) is 0 Å². The van der Waals surface area contributed by atoms with Crippen molar-refractivity contribution in [2.24, 2.45) is 0 Å². The maximum atomic E-state index is 13.0. The summed E-state index contributed by atoms with van der Waals surface area (Å²) in [5, 5.41) is 9.98. The Hall–Kier alpha value is -1.69. The van der Waals surface area contributed by atoms with E-state index < -0.39 is 17.4 Å². The lowest BCUT2D eigenvalue weighted by Gasteiger charge is -2.28. The summed E-state index contributed by atoms with van der Waals surface area (Å²) in [5.74, 6) is -1.11. The number of carboxylic acid groups (broad SMARTS) is 1. The number of hydrogen-bond donors (Lipinski definition) is 1. The fraction of sp³-hybridized carbons (Fsp3) is 0.176. The topological polar surface area (TPSA) is 57.6 Å². The average molecular weight is 382 g/mol. The Morgan fingerprint density at radius 3 is 2.54 bits per heavy atom. The zero-order valence-corrected chi connectivity index (χ0v) is 14.7. The van der Waals surface area contributed by atoms with Gasteiger partial charge < -0.3 is 10.0 Å². The summed E-state index contributed by atoms with van der Waals surface area (Å²) in [6.07, 6.45) is 0. The largest absolute Gasteiger partial charge is 0.480 e. The van der Waals surface area contributed by atoms with E-state index >= 15 is 0 Å². The van der Waals surface area contributed by atoms with Crippen molar-refractivity contribution in [1.29, 1.82) is 0 Å². The van der Waals surface area contributed by atoms with Crippen LogP contribution in [0.3, 0.4) is 0 Å². The van der Waals surface area contributed by atoms with Crippen molar-refractivity contribution in [3.8, 4) is 0 Å². The molecule has 0 radical (unpaired) electrons. The van der Waals surface area contributed by atoms with E-state index in [1.54, 1.807) is 30.3 Å². The van der Waals surface area contributed by atoms with E-state index in [-0.39, 0.29) is 5.91 Å². The molecule has 7 heteroatoms. The summed E-state index contributed by atoms with van der Waals surface area (Å²) in [6, 6.07) is 12.7. The smallest absolute Gasteiger partial charge is 0.327 e. The van der Waals surface area contributed by atoms with Crippen LogP contribution in [-0.4, -0.2) is 33.7 Å². The molecule has 1 aliphatic rings. The van der Waals surface area contributed by atoms with Crippen molar-refractivity contribution in [3.05, 3.63) is 69.7 Å². The number of benzene rings is 2. The van der Waals surface area contributed by atoms with Crippen LogP contribution in [-0.2, 0) is 4.79 Å². The van der Waals surface area contributed by atoms with E-state index in [9.17, 15) is 14.7 Å². The number of aliphatic carboxylic acids is 1. The monoisotopic (exact) mass is 381 g/mol. The highest BCUT2D eigenvalue weighted by Gasteiger charge is 2.43. The minimum atomic E-state index is -1.03. The third kappa shape index (κ3) is 3.24. The van der Waals surface area contributed by atoms with E-state index in [4.69, 9.17) is 23.2 Å². The average Bonchev–Trinajstić information content (AvgIpc) is 2.99. The van der Waals surface area contributed by atoms with Gasteiger partial charge in [0.25, 0.3) is 5.91 Å². The molecule has 24 heavy (non-hydrogen) atoms. The van der Waals surface area contributed by atoms with E-state index in [0.717, 1.165) is 5.56 Å². The van der Waals surface area contributed by atoms with Gasteiger partial charge in [-0.1, -0.05) is 47.5 Å². The van der Waals surface area contributed by atoms with Crippen molar-refractivity contribution in [2.75, 3.05) is 5.75 Å². The number of hydrogen-bond acceptors (Lipinski definition) is 3. The van der Waals surface area contributed by atoms with Crippen LogP contribution in [0.25, 0.3) is 0 Å². The highest BCUT2D eigenvalue weighted by atomic mass is 35.5. The van der Waals surface area contributed by atoms with Crippen LogP contribution in [0.5, 0.6) is 0 Å².